The Balaban J connectivity index is 1.72. The highest BCUT2D eigenvalue weighted by atomic mass is 16.5. The molecule has 5 nitrogen and oxygen atoms in total. The molecule has 3 rings (SSSR count). The normalized spacial score (nSPS) is 12.3. The van der Waals surface area contributed by atoms with Crippen LogP contribution in [0.1, 0.15) is 21.7 Å². The number of benzene rings is 2. The Morgan fingerprint density at radius 1 is 1.19 bits per heavy atom. The maximum absolute atomic E-state index is 12.7. The number of aryl methyl sites for hydroxylation is 1. The number of nitrogens with one attached hydrogen (secondary N) is 1. The third-order valence-electron chi connectivity index (χ3n) is 4.89. The summed E-state index contributed by atoms with van der Waals surface area (Å²) in [4.78, 5) is 14.8. The maximum Gasteiger partial charge on any atom is 0.287 e. The highest BCUT2D eigenvalue weighted by Crippen LogP contribution is 2.28. The Morgan fingerprint density at radius 2 is 1.93 bits per heavy atom. The lowest BCUT2D eigenvalue weighted by Gasteiger charge is -2.24. The molecule has 0 fully saturated rings. The average Bonchev–Trinajstić information content (AvgIpc) is 3.01. The van der Waals surface area contributed by atoms with Crippen molar-refractivity contribution in [2.45, 2.75) is 19.4 Å². The fourth-order valence-corrected chi connectivity index (χ4v) is 3.16. The minimum atomic E-state index is -0.192. The van der Waals surface area contributed by atoms with E-state index in [9.17, 15) is 4.79 Å². The lowest BCUT2D eigenvalue weighted by atomic mass is 10.1. The van der Waals surface area contributed by atoms with E-state index >= 15 is 0 Å². The zero-order valence-corrected chi connectivity index (χ0v) is 16.3. The molecule has 1 N–H and O–H groups in total. The van der Waals surface area contributed by atoms with E-state index in [2.05, 4.69) is 22.3 Å². The zero-order valence-electron chi connectivity index (χ0n) is 16.3. The second kappa shape index (κ2) is 8.27. The summed E-state index contributed by atoms with van der Waals surface area (Å²) in [5.74, 6) is 0.909. The first-order valence-electron chi connectivity index (χ1n) is 9.05. The van der Waals surface area contributed by atoms with Crippen LogP contribution in [-0.2, 0) is 6.42 Å². The largest absolute Gasteiger partial charge is 0.497 e. The van der Waals surface area contributed by atoms with Gasteiger partial charge in [0.15, 0.2) is 5.76 Å². The number of hydrogen-bond acceptors (Lipinski definition) is 4. The molecular weight excluding hydrogens is 340 g/mol. The molecule has 0 spiro atoms. The number of furan rings is 1. The minimum Gasteiger partial charge on any atom is -0.497 e. The van der Waals surface area contributed by atoms with Crippen molar-refractivity contribution in [1.82, 2.24) is 10.2 Å². The van der Waals surface area contributed by atoms with E-state index in [0.717, 1.165) is 23.1 Å². The van der Waals surface area contributed by atoms with Crippen LogP contribution >= 0.6 is 0 Å². The zero-order chi connectivity index (χ0) is 19.4. The second-order valence-corrected chi connectivity index (χ2v) is 6.94. The number of methoxy groups -OCH3 is 1. The average molecular weight is 366 g/mol. The molecule has 27 heavy (non-hydrogen) atoms. The molecule has 1 atom stereocenters. The Kier molecular flexibility index (Phi) is 5.81. The van der Waals surface area contributed by atoms with Crippen LogP contribution in [0.4, 0.5) is 0 Å². The summed E-state index contributed by atoms with van der Waals surface area (Å²) in [6.07, 6.45) is 0.866. The molecule has 142 valence electrons. The standard InChI is InChI=1S/C22H26N2O3/c1-15-19-13-18(26-4)10-11-20(19)27-21(15)22(25)23-14-17(24(2)3)12-16-8-6-5-7-9-16/h5-11,13,17H,12,14H2,1-4H3,(H,23,25)/t17-/m0/s1. The number of nitrogens with zero attached hydrogens (tertiary/aromatic N) is 1. The Labute approximate surface area is 159 Å². The van der Waals surface area contributed by atoms with E-state index in [1.54, 1.807) is 7.11 Å². The van der Waals surface area contributed by atoms with Crippen LogP contribution in [0.2, 0.25) is 0 Å². The second-order valence-electron chi connectivity index (χ2n) is 6.94. The molecule has 0 radical (unpaired) electrons. The van der Waals surface area contributed by atoms with Crippen molar-refractivity contribution in [3.8, 4) is 5.75 Å². The molecule has 1 amide bonds. The third kappa shape index (κ3) is 4.31. The van der Waals surface area contributed by atoms with Crippen molar-refractivity contribution in [3.05, 3.63) is 65.4 Å². The Morgan fingerprint density at radius 3 is 2.59 bits per heavy atom. The van der Waals surface area contributed by atoms with E-state index < -0.39 is 0 Å². The number of carbonyl (C=O) groups excluding carboxylic acids is 1. The van der Waals surface area contributed by atoms with Gasteiger partial charge in [0.1, 0.15) is 11.3 Å². The molecular formula is C22H26N2O3. The topological polar surface area (TPSA) is 54.7 Å². The predicted octanol–water partition coefficient (Wildman–Crippen LogP) is 3.65. The minimum absolute atomic E-state index is 0.192. The van der Waals surface area contributed by atoms with Crippen molar-refractivity contribution < 1.29 is 13.9 Å². The lowest BCUT2D eigenvalue weighted by Crippen LogP contribution is -2.41. The summed E-state index contributed by atoms with van der Waals surface area (Å²) in [6.45, 7) is 2.44. The van der Waals surface area contributed by atoms with Crippen molar-refractivity contribution in [2.24, 2.45) is 0 Å². The number of fused-ring (bicyclic) bond motifs is 1. The summed E-state index contributed by atoms with van der Waals surface area (Å²) in [5, 5.41) is 3.92. The summed E-state index contributed by atoms with van der Waals surface area (Å²) in [6, 6.07) is 16.0. The maximum atomic E-state index is 12.7. The fourth-order valence-electron chi connectivity index (χ4n) is 3.16. The van der Waals surface area contributed by atoms with Crippen LogP contribution in [0.3, 0.4) is 0 Å². The summed E-state index contributed by atoms with van der Waals surface area (Å²) in [7, 11) is 5.68. The van der Waals surface area contributed by atoms with Gasteiger partial charge in [-0.15, -0.1) is 0 Å². The van der Waals surface area contributed by atoms with Crippen LogP contribution in [0.5, 0.6) is 5.75 Å². The van der Waals surface area contributed by atoms with Crippen LogP contribution in [0.25, 0.3) is 11.0 Å². The molecule has 1 aromatic heterocycles. The highest BCUT2D eigenvalue weighted by molar-refractivity contribution is 5.99. The first-order valence-corrected chi connectivity index (χ1v) is 9.05. The fraction of sp³-hybridized carbons (Fsp3) is 0.318. The van der Waals surface area contributed by atoms with Gasteiger partial charge >= 0.3 is 0 Å². The quantitative estimate of drug-likeness (QED) is 0.693. The number of likely N-dealkylation sites (N-methyl/N-ethyl adjacent to an activating group) is 1. The van der Waals surface area contributed by atoms with E-state index in [-0.39, 0.29) is 11.9 Å². The molecule has 0 aliphatic carbocycles. The van der Waals surface area contributed by atoms with Crippen LogP contribution < -0.4 is 10.1 Å². The number of carbonyl (C=O) groups is 1. The van der Waals surface area contributed by atoms with Gasteiger partial charge in [0, 0.05) is 23.5 Å². The summed E-state index contributed by atoms with van der Waals surface area (Å²) >= 11 is 0. The molecule has 0 bridgehead atoms. The molecule has 0 saturated heterocycles. The van der Waals surface area contributed by atoms with E-state index in [1.807, 2.05) is 57.4 Å². The molecule has 0 unspecified atom stereocenters. The van der Waals surface area contributed by atoms with Gasteiger partial charge in [-0.2, -0.15) is 0 Å². The Bertz CT molecular complexity index is 916. The first-order chi connectivity index (χ1) is 13.0. The van der Waals surface area contributed by atoms with Gasteiger partial charge < -0.3 is 19.4 Å². The number of ether oxygens (including phenoxy) is 1. The van der Waals surface area contributed by atoms with E-state index in [1.165, 1.54) is 5.56 Å². The predicted molar refractivity (Wildman–Crippen MR) is 107 cm³/mol. The highest BCUT2D eigenvalue weighted by Gasteiger charge is 2.20. The first kappa shape index (κ1) is 19.0. The van der Waals surface area contributed by atoms with Gasteiger partial charge in [-0.1, -0.05) is 30.3 Å². The van der Waals surface area contributed by atoms with Crippen LogP contribution in [-0.4, -0.2) is 44.6 Å². The molecule has 0 aliphatic heterocycles. The number of hydrogen-bond donors (Lipinski definition) is 1. The van der Waals surface area contributed by atoms with Gasteiger partial charge in [0.25, 0.3) is 5.91 Å². The smallest absolute Gasteiger partial charge is 0.287 e. The molecule has 2 aromatic carbocycles. The molecule has 0 aliphatic rings. The van der Waals surface area contributed by atoms with Crippen molar-refractivity contribution in [3.63, 3.8) is 0 Å². The third-order valence-corrected chi connectivity index (χ3v) is 4.89. The SMILES string of the molecule is COc1ccc2oc(C(=O)NC[C@H](Cc3ccccc3)N(C)C)c(C)c2c1. The number of rotatable bonds is 7. The molecule has 5 heteroatoms. The van der Waals surface area contributed by atoms with Gasteiger partial charge in [-0.05, 0) is 51.2 Å². The van der Waals surface area contributed by atoms with Crippen molar-refractivity contribution in [2.75, 3.05) is 27.7 Å². The van der Waals surface area contributed by atoms with E-state index in [4.69, 9.17) is 9.15 Å². The van der Waals surface area contributed by atoms with Gasteiger partial charge in [-0.25, -0.2) is 0 Å². The van der Waals surface area contributed by atoms with Gasteiger partial charge in [0.2, 0.25) is 0 Å². The molecule has 1 heterocycles. The summed E-state index contributed by atoms with van der Waals surface area (Å²) in [5.41, 5.74) is 2.76. The van der Waals surface area contributed by atoms with Crippen molar-refractivity contribution in [1.29, 1.82) is 0 Å². The monoisotopic (exact) mass is 366 g/mol. The Hall–Kier alpha value is -2.79. The molecule has 0 saturated carbocycles. The van der Waals surface area contributed by atoms with E-state index in [0.29, 0.717) is 17.9 Å². The van der Waals surface area contributed by atoms with Crippen molar-refractivity contribution >= 4 is 16.9 Å². The lowest BCUT2D eigenvalue weighted by molar-refractivity contribution is 0.0915. The number of amides is 1. The van der Waals surface area contributed by atoms with Crippen LogP contribution in [0.15, 0.2) is 52.9 Å². The van der Waals surface area contributed by atoms with Gasteiger partial charge in [-0.3, -0.25) is 4.79 Å². The van der Waals surface area contributed by atoms with Gasteiger partial charge in [0.05, 0.1) is 7.11 Å². The molecule has 3 aromatic rings. The van der Waals surface area contributed by atoms with Crippen LogP contribution in [0, 0.1) is 6.92 Å². The summed E-state index contributed by atoms with van der Waals surface area (Å²) < 4.78 is 11.1.